The largest absolute Gasteiger partial charge is 0.326 e. The lowest BCUT2D eigenvalue weighted by atomic mass is 10.1. The molecule has 3 N–H and O–H groups in total. The first-order valence-corrected chi connectivity index (χ1v) is 6.11. The highest BCUT2D eigenvalue weighted by Crippen LogP contribution is 2.10. The van der Waals surface area contributed by atoms with E-state index in [0.717, 1.165) is 23.3 Å². The number of hydrogen-bond donors (Lipinski definition) is 2. The van der Waals surface area contributed by atoms with Crippen molar-refractivity contribution in [1.29, 1.82) is 0 Å². The second-order valence-corrected chi connectivity index (χ2v) is 4.36. The lowest BCUT2D eigenvalue weighted by Gasteiger charge is -2.07. The number of rotatable bonds is 5. The third kappa shape index (κ3) is 3.84. The number of nitrogens with one attached hydrogen (secondary N) is 1. The molecule has 0 aliphatic rings. The summed E-state index contributed by atoms with van der Waals surface area (Å²) in [6.07, 6.45) is 0. The Morgan fingerprint density at radius 2 is 1.74 bits per heavy atom. The van der Waals surface area contributed by atoms with Gasteiger partial charge in [0.25, 0.3) is 0 Å². The van der Waals surface area contributed by atoms with E-state index in [1.54, 1.807) is 0 Å². The number of nitrogens with two attached hydrogens (primary N) is 1. The van der Waals surface area contributed by atoms with Crippen molar-refractivity contribution in [2.75, 3.05) is 0 Å². The zero-order valence-electron chi connectivity index (χ0n) is 10.5. The van der Waals surface area contributed by atoms with E-state index in [0.29, 0.717) is 18.7 Å². The van der Waals surface area contributed by atoms with Gasteiger partial charge in [0.05, 0.1) is 0 Å². The van der Waals surface area contributed by atoms with Crippen molar-refractivity contribution in [3.63, 3.8) is 0 Å². The molecule has 2 rings (SSSR count). The highest BCUT2D eigenvalue weighted by atomic mass is 19.1. The first kappa shape index (κ1) is 13.6. The average Bonchev–Trinajstić information content (AvgIpc) is 2.43. The first-order chi connectivity index (χ1) is 9.19. The average molecular weight is 262 g/mol. The molecular formula is C15H16F2N2. The summed E-state index contributed by atoms with van der Waals surface area (Å²) in [4.78, 5) is 0. The molecule has 0 fully saturated rings. The van der Waals surface area contributed by atoms with Gasteiger partial charge in [0, 0.05) is 25.2 Å². The maximum atomic E-state index is 13.4. The Balaban J connectivity index is 1.94. The van der Waals surface area contributed by atoms with E-state index in [4.69, 9.17) is 5.73 Å². The van der Waals surface area contributed by atoms with Crippen molar-refractivity contribution in [3.8, 4) is 0 Å². The second-order valence-electron chi connectivity index (χ2n) is 4.36. The van der Waals surface area contributed by atoms with Crippen LogP contribution in [0.2, 0.25) is 0 Å². The molecule has 19 heavy (non-hydrogen) atoms. The van der Waals surface area contributed by atoms with E-state index in [9.17, 15) is 8.78 Å². The van der Waals surface area contributed by atoms with Gasteiger partial charge >= 0.3 is 0 Å². The van der Waals surface area contributed by atoms with E-state index in [2.05, 4.69) is 5.32 Å². The minimum atomic E-state index is -0.427. The van der Waals surface area contributed by atoms with Crippen LogP contribution in [-0.4, -0.2) is 0 Å². The van der Waals surface area contributed by atoms with Gasteiger partial charge in [-0.1, -0.05) is 24.3 Å². The lowest BCUT2D eigenvalue weighted by molar-refractivity contribution is 0.568. The standard InChI is InChI=1S/C15H16F2N2/c16-14-4-5-15(17)13(7-14)10-19-9-12-3-1-2-11(6-12)8-18/h1-7,19H,8-10,18H2. The van der Waals surface area contributed by atoms with E-state index >= 15 is 0 Å². The molecule has 0 radical (unpaired) electrons. The molecule has 0 atom stereocenters. The Bertz CT molecular complexity index is 556. The minimum absolute atomic E-state index is 0.288. The van der Waals surface area contributed by atoms with Gasteiger partial charge < -0.3 is 11.1 Å². The zero-order valence-corrected chi connectivity index (χ0v) is 10.5. The molecular weight excluding hydrogens is 246 g/mol. The second kappa shape index (κ2) is 6.41. The Kier molecular flexibility index (Phi) is 4.60. The lowest BCUT2D eigenvalue weighted by Crippen LogP contribution is -2.14. The monoisotopic (exact) mass is 262 g/mol. The summed E-state index contributed by atoms with van der Waals surface area (Å²) in [5.74, 6) is -0.826. The van der Waals surface area contributed by atoms with Gasteiger partial charge in [-0.15, -0.1) is 0 Å². The normalized spacial score (nSPS) is 10.7. The summed E-state index contributed by atoms with van der Waals surface area (Å²) in [5.41, 5.74) is 8.01. The molecule has 2 aromatic carbocycles. The molecule has 4 heteroatoms. The summed E-state index contributed by atoms with van der Waals surface area (Å²) in [6.45, 7) is 1.37. The zero-order chi connectivity index (χ0) is 13.7. The third-order valence-electron chi connectivity index (χ3n) is 2.88. The van der Waals surface area contributed by atoms with Crippen LogP contribution >= 0.6 is 0 Å². The van der Waals surface area contributed by atoms with Gasteiger partial charge in [0.1, 0.15) is 11.6 Å². The van der Waals surface area contributed by atoms with Gasteiger partial charge in [0.15, 0.2) is 0 Å². The van der Waals surface area contributed by atoms with Crippen LogP contribution in [0.5, 0.6) is 0 Å². The van der Waals surface area contributed by atoms with Crippen molar-refractivity contribution in [2.45, 2.75) is 19.6 Å². The smallest absolute Gasteiger partial charge is 0.127 e. The van der Waals surface area contributed by atoms with Gasteiger partial charge in [-0.05, 0) is 29.3 Å². The maximum Gasteiger partial charge on any atom is 0.127 e. The highest BCUT2D eigenvalue weighted by molar-refractivity contribution is 5.23. The van der Waals surface area contributed by atoms with Crippen LogP contribution in [0.25, 0.3) is 0 Å². The van der Waals surface area contributed by atoms with Crippen LogP contribution in [0.1, 0.15) is 16.7 Å². The van der Waals surface area contributed by atoms with Gasteiger partial charge in [-0.25, -0.2) is 8.78 Å². The van der Waals surface area contributed by atoms with Gasteiger partial charge in [-0.2, -0.15) is 0 Å². The van der Waals surface area contributed by atoms with Crippen LogP contribution in [0.4, 0.5) is 8.78 Å². The molecule has 0 heterocycles. The third-order valence-corrected chi connectivity index (χ3v) is 2.88. The van der Waals surface area contributed by atoms with Crippen molar-refractivity contribution < 1.29 is 8.78 Å². The highest BCUT2D eigenvalue weighted by Gasteiger charge is 2.03. The van der Waals surface area contributed by atoms with Crippen LogP contribution in [0.3, 0.4) is 0 Å². The number of halogens is 2. The van der Waals surface area contributed by atoms with Crippen molar-refractivity contribution in [1.82, 2.24) is 5.32 Å². The fourth-order valence-electron chi connectivity index (χ4n) is 1.89. The Morgan fingerprint density at radius 3 is 2.53 bits per heavy atom. The summed E-state index contributed by atoms with van der Waals surface area (Å²) in [6, 6.07) is 11.3. The summed E-state index contributed by atoms with van der Waals surface area (Å²) < 4.78 is 26.4. The summed E-state index contributed by atoms with van der Waals surface area (Å²) >= 11 is 0. The van der Waals surface area contributed by atoms with E-state index < -0.39 is 11.6 Å². The molecule has 100 valence electrons. The van der Waals surface area contributed by atoms with Crippen LogP contribution in [0.15, 0.2) is 42.5 Å². The van der Waals surface area contributed by atoms with E-state index in [1.165, 1.54) is 6.07 Å². The molecule has 0 aromatic heterocycles. The number of hydrogen-bond acceptors (Lipinski definition) is 2. The van der Waals surface area contributed by atoms with Crippen LogP contribution in [-0.2, 0) is 19.6 Å². The van der Waals surface area contributed by atoms with Crippen molar-refractivity contribution >= 4 is 0 Å². The SMILES string of the molecule is NCc1cccc(CNCc2cc(F)ccc2F)c1. The molecule has 2 nitrogen and oxygen atoms in total. The summed E-state index contributed by atoms with van der Waals surface area (Å²) in [5, 5.41) is 3.09. The van der Waals surface area contributed by atoms with Crippen molar-refractivity contribution in [3.05, 3.63) is 70.8 Å². The predicted molar refractivity (Wildman–Crippen MR) is 71.2 cm³/mol. The minimum Gasteiger partial charge on any atom is -0.326 e. The van der Waals surface area contributed by atoms with Gasteiger partial charge in [0.2, 0.25) is 0 Å². The quantitative estimate of drug-likeness (QED) is 0.869. The Hall–Kier alpha value is -1.78. The molecule has 0 saturated carbocycles. The fraction of sp³-hybridized carbons (Fsp3) is 0.200. The molecule has 0 spiro atoms. The molecule has 0 bridgehead atoms. The molecule has 0 aliphatic heterocycles. The van der Waals surface area contributed by atoms with Crippen LogP contribution < -0.4 is 11.1 Å². The van der Waals surface area contributed by atoms with E-state index in [1.807, 2.05) is 24.3 Å². The molecule has 0 amide bonds. The molecule has 0 aliphatic carbocycles. The maximum absolute atomic E-state index is 13.4. The van der Waals surface area contributed by atoms with Crippen LogP contribution in [0, 0.1) is 11.6 Å². The fourth-order valence-corrected chi connectivity index (χ4v) is 1.89. The number of benzene rings is 2. The predicted octanol–water partition coefficient (Wildman–Crippen LogP) is 2.71. The van der Waals surface area contributed by atoms with E-state index in [-0.39, 0.29) is 6.54 Å². The molecule has 2 aromatic rings. The molecule has 0 unspecified atom stereocenters. The Labute approximate surface area is 111 Å². The van der Waals surface area contributed by atoms with Gasteiger partial charge in [-0.3, -0.25) is 0 Å². The Morgan fingerprint density at radius 1 is 0.947 bits per heavy atom. The summed E-state index contributed by atoms with van der Waals surface area (Å²) in [7, 11) is 0. The topological polar surface area (TPSA) is 38.0 Å². The molecule has 0 saturated heterocycles. The first-order valence-electron chi connectivity index (χ1n) is 6.11. The van der Waals surface area contributed by atoms with Crippen molar-refractivity contribution in [2.24, 2.45) is 5.73 Å².